The maximum atomic E-state index is 12.1. The first kappa shape index (κ1) is 16.3. The summed E-state index contributed by atoms with van der Waals surface area (Å²) in [5, 5.41) is 9.08. The first-order valence-electron chi connectivity index (χ1n) is 7.93. The summed E-state index contributed by atoms with van der Waals surface area (Å²) < 4.78 is 0. The molecule has 0 saturated heterocycles. The lowest BCUT2D eigenvalue weighted by Gasteiger charge is -2.28. The number of amides is 2. The molecule has 120 valence electrons. The SMILES string of the molecule is CC[C@H](C)NC(=O)c1ccc2c(c1)NC(=O)[C@H](CC(C)C)N2. The summed E-state index contributed by atoms with van der Waals surface area (Å²) in [5.74, 6) is 0.279. The molecule has 1 aliphatic rings. The largest absolute Gasteiger partial charge is 0.372 e. The van der Waals surface area contributed by atoms with E-state index in [0.717, 1.165) is 18.5 Å². The Labute approximate surface area is 131 Å². The van der Waals surface area contributed by atoms with Crippen LogP contribution in [0.25, 0.3) is 0 Å². The minimum atomic E-state index is -0.215. The fourth-order valence-electron chi connectivity index (χ4n) is 2.43. The molecule has 0 bridgehead atoms. The Balaban J connectivity index is 2.14. The molecule has 0 aromatic heterocycles. The second-order valence-corrected chi connectivity index (χ2v) is 6.36. The molecule has 5 nitrogen and oxygen atoms in total. The monoisotopic (exact) mass is 303 g/mol. The van der Waals surface area contributed by atoms with Crippen LogP contribution in [0.5, 0.6) is 0 Å². The average molecular weight is 303 g/mol. The third kappa shape index (κ3) is 3.78. The Morgan fingerprint density at radius 2 is 2.00 bits per heavy atom. The van der Waals surface area contributed by atoms with Crippen LogP contribution in [0.3, 0.4) is 0 Å². The number of hydrogen-bond acceptors (Lipinski definition) is 3. The highest BCUT2D eigenvalue weighted by molar-refractivity contribution is 6.05. The summed E-state index contributed by atoms with van der Waals surface area (Å²) in [4.78, 5) is 24.3. The van der Waals surface area contributed by atoms with Gasteiger partial charge in [-0.1, -0.05) is 20.8 Å². The van der Waals surface area contributed by atoms with Crippen LogP contribution in [-0.2, 0) is 4.79 Å². The van der Waals surface area contributed by atoms with Gasteiger partial charge in [-0.05, 0) is 43.9 Å². The first-order valence-corrected chi connectivity index (χ1v) is 7.93. The summed E-state index contributed by atoms with van der Waals surface area (Å²) in [6.07, 6.45) is 1.66. The zero-order valence-corrected chi connectivity index (χ0v) is 13.7. The minimum absolute atomic E-state index is 0.0410. The summed E-state index contributed by atoms with van der Waals surface area (Å²) in [7, 11) is 0. The van der Waals surface area contributed by atoms with E-state index < -0.39 is 0 Å². The second kappa shape index (κ2) is 6.81. The molecule has 1 heterocycles. The van der Waals surface area contributed by atoms with Crippen molar-refractivity contribution in [1.82, 2.24) is 5.32 Å². The van der Waals surface area contributed by atoms with E-state index in [2.05, 4.69) is 29.8 Å². The third-order valence-electron chi connectivity index (χ3n) is 3.88. The van der Waals surface area contributed by atoms with Gasteiger partial charge in [0.25, 0.3) is 5.91 Å². The molecule has 0 saturated carbocycles. The van der Waals surface area contributed by atoms with E-state index in [-0.39, 0.29) is 23.9 Å². The lowest BCUT2D eigenvalue weighted by molar-refractivity contribution is -0.117. The standard InChI is InChI=1S/C17H25N3O2/c1-5-11(4)18-16(21)12-6-7-13-14(9-12)20-17(22)15(19-13)8-10(2)3/h6-7,9-11,15,19H,5,8H2,1-4H3,(H,18,21)(H,20,22)/t11-,15-/m0/s1. The van der Waals surface area contributed by atoms with Crippen LogP contribution in [0.4, 0.5) is 11.4 Å². The van der Waals surface area contributed by atoms with Crippen LogP contribution in [-0.4, -0.2) is 23.9 Å². The molecular formula is C17H25N3O2. The van der Waals surface area contributed by atoms with Gasteiger partial charge in [-0.3, -0.25) is 9.59 Å². The number of rotatable bonds is 5. The maximum absolute atomic E-state index is 12.1. The summed E-state index contributed by atoms with van der Waals surface area (Å²) >= 11 is 0. The molecule has 0 fully saturated rings. The predicted octanol–water partition coefficient (Wildman–Crippen LogP) is 2.99. The zero-order chi connectivity index (χ0) is 16.3. The number of benzene rings is 1. The van der Waals surface area contributed by atoms with Crippen molar-refractivity contribution in [3.63, 3.8) is 0 Å². The summed E-state index contributed by atoms with van der Waals surface area (Å²) in [5.41, 5.74) is 2.09. The average Bonchev–Trinajstić information content (AvgIpc) is 2.46. The topological polar surface area (TPSA) is 70.2 Å². The molecule has 0 radical (unpaired) electrons. The fourth-order valence-corrected chi connectivity index (χ4v) is 2.43. The van der Waals surface area contributed by atoms with Gasteiger partial charge >= 0.3 is 0 Å². The van der Waals surface area contributed by atoms with E-state index in [9.17, 15) is 9.59 Å². The van der Waals surface area contributed by atoms with Crippen molar-refractivity contribution in [2.45, 2.75) is 52.6 Å². The lowest BCUT2D eigenvalue weighted by atomic mass is 10.00. The van der Waals surface area contributed by atoms with Crippen LogP contribution in [0.15, 0.2) is 18.2 Å². The quantitative estimate of drug-likeness (QED) is 0.783. The molecule has 1 aromatic rings. The van der Waals surface area contributed by atoms with Crippen molar-refractivity contribution in [3.05, 3.63) is 23.8 Å². The highest BCUT2D eigenvalue weighted by atomic mass is 16.2. The highest BCUT2D eigenvalue weighted by Crippen LogP contribution is 2.29. The molecule has 3 N–H and O–H groups in total. The van der Waals surface area contributed by atoms with Crippen LogP contribution in [0.1, 0.15) is 50.9 Å². The van der Waals surface area contributed by atoms with Crippen molar-refractivity contribution in [3.8, 4) is 0 Å². The van der Waals surface area contributed by atoms with Crippen LogP contribution in [0.2, 0.25) is 0 Å². The number of nitrogens with one attached hydrogen (secondary N) is 3. The fraction of sp³-hybridized carbons (Fsp3) is 0.529. The van der Waals surface area contributed by atoms with Gasteiger partial charge < -0.3 is 16.0 Å². The van der Waals surface area contributed by atoms with E-state index in [1.807, 2.05) is 19.9 Å². The van der Waals surface area contributed by atoms with E-state index >= 15 is 0 Å². The molecule has 22 heavy (non-hydrogen) atoms. The van der Waals surface area contributed by atoms with E-state index in [0.29, 0.717) is 17.2 Å². The molecule has 0 unspecified atom stereocenters. The van der Waals surface area contributed by atoms with Gasteiger partial charge in [-0.2, -0.15) is 0 Å². The molecule has 2 rings (SSSR count). The van der Waals surface area contributed by atoms with Crippen molar-refractivity contribution in [2.24, 2.45) is 5.92 Å². The zero-order valence-electron chi connectivity index (χ0n) is 13.7. The molecule has 5 heteroatoms. The first-order chi connectivity index (χ1) is 10.4. The van der Waals surface area contributed by atoms with E-state index in [1.54, 1.807) is 12.1 Å². The van der Waals surface area contributed by atoms with Crippen LogP contribution < -0.4 is 16.0 Å². The van der Waals surface area contributed by atoms with Crippen LogP contribution in [0, 0.1) is 5.92 Å². The van der Waals surface area contributed by atoms with Gasteiger partial charge in [0.15, 0.2) is 0 Å². The van der Waals surface area contributed by atoms with Crippen molar-refractivity contribution >= 4 is 23.2 Å². The molecular weight excluding hydrogens is 278 g/mol. The Kier molecular flexibility index (Phi) is 5.06. The number of carbonyl (C=O) groups excluding carboxylic acids is 2. The number of carbonyl (C=O) groups is 2. The van der Waals surface area contributed by atoms with Gasteiger partial charge in [-0.25, -0.2) is 0 Å². The molecule has 0 spiro atoms. The van der Waals surface area contributed by atoms with Gasteiger partial charge in [-0.15, -0.1) is 0 Å². The smallest absolute Gasteiger partial charge is 0.251 e. The Hall–Kier alpha value is -2.04. The highest BCUT2D eigenvalue weighted by Gasteiger charge is 2.26. The molecule has 0 aliphatic carbocycles. The van der Waals surface area contributed by atoms with Gasteiger partial charge in [0, 0.05) is 11.6 Å². The Morgan fingerprint density at radius 1 is 1.27 bits per heavy atom. The van der Waals surface area contributed by atoms with Gasteiger partial charge in [0.2, 0.25) is 5.91 Å². The summed E-state index contributed by atoms with van der Waals surface area (Å²) in [6, 6.07) is 5.28. The Bertz CT molecular complexity index is 569. The second-order valence-electron chi connectivity index (χ2n) is 6.36. The number of hydrogen-bond donors (Lipinski definition) is 3. The number of anilines is 2. The van der Waals surface area contributed by atoms with Crippen molar-refractivity contribution in [2.75, 3.05) is 10.6 Å². The lowest BCUT2D eigenvalue weighted by Crippen LogP contribution is -2.40. The third-order valence-corrected chi connectivity index (χ3v) is 3.88. The maximum Gasteiger partial charge on any atom is 0.251 e. The van der Waals surface area contributed by atoms with Gasteiger partial charge in [0.05, 0.1) is 11.4 Å². The van der Waals surface area contributed by atoms with Crippen molar-refractivity contribution < 1.29 is 9.59 Å². The van der Waals surface area contributed by atoms with Crippen LogP contribution >= 0.6 is 0 Å². The Morgan fingerprint density at radius 3 is 2.64 bits per heavy atom. The van der Waals surface area contributed by atoms with E-state index in [1.165, 1.54) is 0 Å². The normalized spacial score (nSPS) is 18.2. The van der Waals surface area contributed by atoms with Crippen molar-refractivity contribution in [1.29, 1.82) is 0 Å². The molecule has 1 aromatic carbocycles. The number of fused-ring (bicyclic) bond motifs is 1. The molecule has 2 amide bonds. The molecule has 1 aliphatic heterocycles. The van der Waals surface area contributed by atoms with E-state index in [4.69, 9.17) is 0 Å². The summed E-state index contributed by atoms with van der Waals surface area (Å²) in [6.45, 7) is 8.17. The minimum Gasteiger partial charge on any atom is -0.372 e. The predicted molar refractivity (Wildman–Crippen MR) is 89.2 cm³/mol. The molecule has 2 atom stereocenters. The van der Waals surface area contributed by atoms with Gasteiger partial charge in [0.1, 0.15) is 6.04 Å².